The summed E-state index contributed by atoms with van der Waals surface area (Å²) in [5, 5.41) is 16.8. The summed E-state index contributed by atoms with van der Waals surface area (Å²) in [7, 11) is 0. The molecule has 0 aliphatic rings. The molecule has 0 unspecified atom stereocenters. The van der Waals surface area contributed by atoms with E-state index in [2.05, 4.69) is 65.2 Å². The van der Waals surface area contributed by atoms with Crippen molar-refractivity contribution >= 4 is 11.8 Å². The van der Waals surface area contributed by atoms with Gasteiger partial charge >= 0.3 is 5.97 Å². The molecule has 7 heteroatoms. The minimum absolute atomic E-state index is 0.0980. The van der Waals surface area contributed by atoms with Gasteiger partial charge in [0, 0.05) is 41.1 Å². The van der Waals surface area contributed by atoms with Gasteiger partial charge in [-0.25, -0.2) is 9.97 Å². The number of aliphatic carboxylic acids is 1. The van der Waals surface area contributed by atoms with Gasteiger partial charge in [-0.1, -0.05) is 90.1 Å². The van der Waals surface area contributed by atoms with Gasteiger partial charge in [0.2, 0.25) is 0 Å². The van der Waals surface area contributed by atoms with Crippen LogP contribution in [0.5, 0.6) is 0 Å². The Morgan fingerprint density at radius 2 is 1.41 bits per heavy atom. The molecular formula is C32H36N4O3. The number of hydrogen-bond donors (Lipinski definition) is 2. The van der Waals surface area contributed by atoms with Crippen LogP contribution in [0.3, 0.4) is 0 Å². The first-order valence-corrected chi connectivity index (χ1v) is 13.2. The highest BCUT2D eigenvalue weighted by molar-refractivity contribution is 5.96. The van der Waals surface area contributed by atoms with Crippen LogP contribution in [-0.2, 0) is 22.0 Å². The van der Waals surface area contributed by atoms with Crippen molar-refractivity contribution in [1.82, 2.24) is 20.2 Å². The third-order valence-electron chi connectivity index (χ3n) is 6.88. The van der Waals surface area contributed by atoms with Crippen molar-refractivity contribution in [3.8, 4) is 22.5 Å². The molecule has 1 atom stereocenters. The van der Waals surface area contributed by atoms with Gasteiger partial charge < -0.3 is 5.11 Å². The second-order valence-electron chi connectivity index (χ2n) is 12.1. The van der Waals surface area contributed by atoms with Crippen molar-refractivity contribution in [3.63, 3.8) is 0 Å². The van der Waals surface area contributed by atoms with Crippen LogP contribution in [0, 0.1) is 5.92 Å². The summed E-state index contributed by atoms with van der Waals surface area (Å²) < 4.78 is 0. The Morgan fingerprint density at radius 1 is 0.821 bits per heavy atom. The molecule has 0 amide bonds. The average Bonchev–Trinajstić information content (AvgIpc) is 3.40. The molecule has 4 aromatic rings. The fourth-order valence-corrected chi connectivity index (χ4v) is 4.29. The molecule has 2 N–H and O–H groups in total. The smallest absolute Gasteiger partial charge is 0.307 e. The van der Waals surface area contributed by atoms with E-state index in [9.17, 15) is 14.7 Å². The summed E-state index contributed by atoms with van der Waals surface area (Å²) in [6.45, 7) is 12.6. The lowest BCUT2D eigenvalue weighted by atomic mass is 9.86. The number of aromatic nitrogens is 4. The third kappa shape index (κ3) is 6.85. The van der Waals surface area contributed by atoms with E-state index in [0.29, 0.717) is 5.82 Å². The van der Waals surface area contributed by atoms with E-state index in [4.69, 9.17) is 0 Å². The monoisotopic (exact) mass is 524 g/mol. The van der Waals surface area contributed by atoms with Gasteiger partial charge in [-0.2, -0.15) is 5.10 Å². The molecule has 0 spiro atoms. The maximum Gasteiger partial charge on any atom is 0.307 e. The van der Waals surface area contributed by atoms with E-state index in [1.54, 1.807) is 6.07 Å². The lowest BCUT2D eigenvalue weighted by molar-refractivity contribution is -0.141. The van der Waals surface area contributed by atoms with Crippen LogP contribution in [0.15, 0.2) is 67.0 Å². The molecule has 2 heterocycles. The lowest BCUT2D eigenvalue weighted by Crippen LogP contribution is -2.20. The van der Waals surface area contributed by atoms with Gasteiger partial charge in [0.15, 0.2) is 11.6 Å². The fourth-order valence-electron chi connectivity index (χ4n) is 4.29. The molecule has 0 radical (unpaired) electrons. The minimum atomic E-state index is -1.01. The molecule has 0 aliphatic carbocycles. The number of benzene rings is 2. The van der Waals surface area contributed by atoms with Crippen molar-refractivity contribution in [2.24, 2.45) is 5.92 Å². The predicted octanol–water partition coefficient (Wildman–Crippen LogP) is 6.65. The number of hydrogen-bond acceptors (Lipinski definition) is 5. The Hall–Kier alpha value is -4.13. The Kier molecular flexibility index (Phi) is 7.82. The Bertz CT molecular complexity index is 1440. The van der Waals surface area contributed by atoms with Gasteiger partial charge in [0.25, 0.3) is 0 Å². The highest BCUT2D eigenvalue weighted by Crippen LogP contribution is 2.27. The zero-order valence-electron chi connectivity index (χ0n) is 23.4. The van der Waals surface area contributed by atoms with Gasteiger partial charge in [-0.05, 0) is 34.6 Å². The molecule has 39 heavy (non-hydrogen) atoms. The number of H-pyrrole nitrogens is 1. The van der Waals surface area contributed by atoms with Gasteiger partial charge in [-0.15, -0.1) is 0 Å². The van der Waals surface area contributed by atoms with Crippen molar-refractivity contribution < 1.29 is 14.7 Å². The standard InChI is InChI=1S/C32H36N4O3/c1-31(2,3)25-13-11-21(12-14-25)24-18-33-29(34-19-24)22-9-7-20(8-10-22)15-23(30(38)39)16-27(37)26-17-28(36-35-26)32(4,5)6/h7-14,17-19,23H,15-16H2,1-6H3,(H,35,36)(H,38,39)/t23-/m1/s1. The molecule has 0 saturated carbocycles. The van der Waals surface area contributed by atoms with Gasteiger partial charge in [0.1, 0.15) is 5.69 Å². The van der Waals surface area contributed by atoms with E-state index < -0.39 is 11.9 Å². The molecule has 0 saturated heterocycles. The SMILES string of the molecule is CC(C)(C)c1ccc(-c2cnc(-c3ccc(C[C@H](CC(=O)c4cc(C(C)(C)C)[nH]n4)C(=O)O)cc3)nc2)cc1. The van der Waals surface area contributed by atoms with E-state index >= 15 is 0 Å². The number of nitrogens with one attached hydrogen (secondary N) is 1. The summed E-state index contributed by atoms with van der Waals surface area (Å²) in [6.07, 6.45) is 3.75. The van der Waals surface area contributed by atoms with Crippen molar-refractivity contribution in [1.29, 1.82) is 0 Å². The normalized spacial score (nSPS) is 12.8. The Labute approximate surface area is 229 Å². The van der Waals surface area contributed by atoms with Crippen LogP contribution in [-0.4, -0.2) is 37.0 Å². The number of carbonyl (C=O) groups is 2. The van der Waals surface area contributed by atoms with E-state index in [1.165, 1.54) is 5.56 Å². The van der Waals surface area contributed by atoms with E-state index in [0.717, 1.165) is 27.9 Å². The number of carbonyl (C=O) groups excluding carboxylic acids is 1. The van der Waals surface area contributed by atoms with Crippen LogP contribution in [0.1, 0.15) is 75.3 Å². The van der Waals surface area contributed by atoms with Crippen LogP contribution >= 0.6 is 0 Å². The topological polar surface area (TPSA) is 109 Å². The highest BCUT2D eigenvalue weighted by Gasteiger charge is 2.25. The van der Waals surface area contributed by atoms with E-state index in [-0.39, 0.29) is 35.1 Å². The largest absolute Gasteiger partial charge is 0.481 e. The molecule has 2 aromatic carbocycles. The van der Waals surface area contributed by atoms with Crippen LogP contribution in [0.4, 0.5) is 0 Å². The van der Waals surface area contributed by atoms with E-state index in [1.807, 2.05) is 57.4 Å². The zero-order chi connectivity index (χ0) is 28.4. The van der Waals surface area contributed by atoms with Gasteiger partial charge in [-0.3, -0.25) is 14.7 Å². The quantitative estimate of drug-likeness (QED) is 0.250. The summed E-state index contributed by atoms with van der Waals surface area (Å²) >= 11 is 0. The minimum Gasteiger partial charge on any atom is -0.481 e. The average molecular weight is 525 g/mol. The van der Waals surface area contributed by atoms with Crippen molar-refractivity contribution in [2.75, 3.05) is 0 Å². The predicted molar refractivity (Wildman–Crippen MR) is 153 cm³/mol. The highest BCUT2D eigenvalue weighted by atomic mass is 16.4. The molecule has 0 aliphatic heterocycles. The number of Topliss-reactive ketones (excluding diaryl/α,β-unsaturated/α-hetero) is 1. The molecule has 0 bridgehead atoms. The zero-order valence-corrected chi connectivity index (χ0v) is 23.4. The maximum atomic E-state index is 12.8. The van der Waals surface area contributed by atoms with Crippen molar-refractivity contribution in [3.05, 3.63) is 89.5 Å². The fraction of sp³-hybridized carbons (Fsp3) is 0.344. The third-order valence-corrected chi connectivity index (χ3v) is 6.88. The van der Waals surface area contributed by atoms with Crippen molar-refractivity contribution in [2.45, 2.75) is 65.2 Å². The number of carboxylic acids is 1. The first-order chi connectivity index (χ1) is 18.3. The summed E-state index contributed by atoms with van der Waals surface area (Å²) in [5.74, 6) is -1.55. The summed E-state index contributed by atoms with van der Waals surface area (Å²) in [5.41, 5.74) is 5.96. The lowest BCUT2D eigenvalue weighted by Gasteiger charge is -2.19. The summed E-state index contributed by atoms with van der Waals surface area (Å²) in [6, 6.07) is 17.7. The second kappa shape index (κ2) is 10.9. The molecule has 202 valence electrons. The Balaban J connectivity index is 1.42. The van der Waals surface area contributed by atoms with Gasteiger partial charge in [0.05, 0.1) is 5.92 Å². The number of carboxylic acid groups (broad SMARTS) is 1. The van der Waals surface area contributed by atoms with Crippen LogP contribution < -0.4 is 0 Å². The second-order valence-corrected chi connectivity index (χ2v) is 12.1. The van der Waals surface area contributed by atoms with Crippen LogP contribution in [0.2, 0.25) is 0 Å². The first-order valence-electron chi connectivity index (χ1n) is 13.2. The summed E-state index contributed by atoms with van der Waals surface area (Å²) in [4.78, 5) is 33.8. The first kappa shape index (κ1) is 27.9. The number of ketones is 1. The molecule has 4 rings (SSSR count). The number of aromatic amines is 1. The molecule has 0 fully saturated rings. The molecule has 2 aromatic heterocycles. The van der Waals surface area contributed by atoms with Crippen LogP contribution in [0.25, 0.3) is 22.5 Å². The molecular weight excluding hydrogens is 488 g/mol. The number of nitrogens with zero attached hydrogens (tertiary/aromatic N) is 3. The maximum absolute atomic E-state index is 12.8. The number of rotatable bonds is 8. The molecule has 7 nitrogen and oxygen atoms in total. The Morgan fingerprint density at radius 3 is 1.92 bits per heavy atom.